The molecule has 0 aromatic heterocycles. The number of hydrogen-bond donors (Lipinski definition) is 3. The van der Waals surface area contributed by atoms with Crippen molar-refractivity contribution in [1.29, 1.82) is 0 Å². The average molecular weight is 999 g/mol. The Morgan fingerprint density at radius 3 is 1.08 bits per heavy atom. The monoisotopic (exact) mass is 998 g/mol. The van der Waals surface area contributed by atoms with Crippen LogP contribution in [0, 0.1) is 0 Å². The van der Waals surface area contributed by atoms with E-state index in [0.29, 0.717) is 25.9 Å². The van der Waals surface area contributed by atoms with Crippen LogP contribution in [0.4, 0.5) is 0 Å². The first kappa shape index (κ1) is 69.1. The zero-order valence-corrected chi connectivity index (χ0v) is 47.7. The number of allylic oxidation sites excluding steroid dienone is 6. The molecule has 0 aliphatic rings. The molecule has 2 unspecified atom stereocenters. The van der Waals surface area contributed by atoms with Crippen LogP contribution >= 0.6 is 0 Å². The molecule has 6 nitrogen and oxygen atoms in total. The van der Waals surface area contributed by atoms with Crippen molar-refractivity contribution in [2.24, 2.45) is 0 Å². The molecule has 0 bridgehead atoms. The second-order valence-electron chi connectivity index (χ2n) is 21.7. The maximum Gasteiger partial charge on any atom is 0.305 e. The number of aliphatic hydroxyl groups excluding tert-OH is 2. The Morgan fingerprint density at radius 2 is 0.704 bits per heavy atom. The molecule has 0 saturated carbocycles. The highest BCUT2D eigenvalue weighted by Gasteiger charge is 2.20. The van der Waals surface area contributed by atoms with Crippen molar-refractivity contribution in [2.75, 3.05) is 13.2 Å². The number of unbranched alkanes of at least 4 members (excludes halogenated alkanes) is 42. The smallest absolute Gasteiger partial charge is 0.305 e. The molecule has 71 heavy (non-hydrogen) atoms. The summed E-state index contributed by atoms with van der Waals surface area (Å²) in [6, 6.07) is -0.555. The second-order valence-corrected chi connectivity index (χ2v) is 21.7. The van der Waals surface area contributed by atoms with E-state index < -0.39 is 12.1 Å². The van der Waals surface area contributed by atoms with Gasteiger partial charge in [0.05, 0.1) is 25.4 Å². The van der Waals surface area contributed by atoms with E-state index in [0.717, 1.165) is 83.5 Å². The van der Waals surface area contributed by atoms with Gasteiger partial charge in [-0.3, -0.25) is 9.59 Å². The summed E-state index contributed by atoms with van der Waals surface area (Å²) in [7, 11) is 0. The number of ether oxygens (including phenoxy) is 1. The van der Waals surface area contributed by atoms with Gasteiger partial charge in [0.2, 0.25) is 5.91 Å². The predicted octanol–water partition coefficient (Wildman–Crippen LogP) is 20.0. The third-order valence-electron chi connectivity index (χ3n) is 14.7. The molecule has 0 aliphatic carbocycles. The first-order valence-corrected chi connectivity index (χ1v) is 31.7. The first-order chi connectivity index (χ1) is 35.0. The van der Waals surface area contributed by atoms with E-state index in [1.165, 1.54) is 225 Å². The number of nitrogens with one attached hydrogen (secondary N) is 1. The number of aliphatic hydroxyl groups is 2. The highest BCUT2D eigenvalue weighted by Crippen LogP contribution is 2.17. The lowest BCUT2D eigenvalue weighted by Crippen LogP contribution is -2.45. The number of carbonyl (C=O) groups excluding carboxylic acids is 2. The van der Waals surface area contributed by atoms with Gasteiger partial charge in [0, 0.05) is 12.8 Å². The second kappa shape index (κ2) is 60.6. The van der Waals surface area contributed by atoms with Gasteiger partial charge in [-0.05, 0) is 89.9 Å². The van der Waals surface area contributed by atoms with Crippen LogP contribution in [0.15, 0.2) is 36.5 Å². The number of amides is 1. The Balaban J connectivity index is 3.49. The molecule has 0 aromatic carbocycles. The topological polar surface area (TPSA) is 95.9 Å². The molecular weight excluding hydrogens is 875 g/mol. The van der Waals surface area contributed by atoms with E-state index in [-0.39, 0.29) is 18.5 Å². The van der Waals surface area contributed by atoms with Crippen LogP contribution in [0.1, 0.15) is 341 Å². The van der Waals surface area contributed by atoms with E-state index in [9.17, 15) is 19.8 Å². The molecule has 1 amide bonds. The molecule has 0 aliphatic heterocycles. The fourth-order valence-corrected chi connectivity index (χ4v) is 9.78. The van der Waals surface area contributed by atoms with E-state index in [4.69, 9.17) is 4.74 Å². The van der Waals surface area contributed by atoms with Crippen LogP contribution < -0.4 is 5.32 Å². The third-order valence-corrected chi connectivity index (χ3v) is 14.7. The summed E-state index contributed by atoms with van der Waals surface area (Å²) in [6.07, 6.45) is 75.8. The Morgan fingerprint density at radius 1 is 0.394 bits per heavy atom. The van der Waals surface area contributed by atoms with Gasteiger partial charge in [0.1, 0.15) is 0 Å². The number of hydrogen-bond acceptors (Lipinski definition) is 5. The van der Waals surface area contributed by atoms with Gasteiger partial charge in [-0.1, -0.05) is 275 Å². The molecule has 0 fully saturated rings. The summed E-state index contributed by atoms with van der Waals surface area (Å²) < 4.78 is 5.46. The van der Waals surface area contributed by atoms with Gasteiger partial charge in [-0.25, -0.2) is 0 Å². The van der Waals surface area contributed by atoms with Crippen molar-refractivity contribution in [3.8, 4) is 0 Å². The van der Waals surface area contributed by atoms with Crippen LogP contribution in [-0.4, -0.2) is 47.4 Å². The molecule has 0 spiro atoms. The molecule has 0 saturated heterocycles. The van der Waals surface area contributed by atoms with Gasteiger partial charge < -0.3 is 20.3 Å². The van der Waals surface area contributed by atoms with Gasteiger partial charge in [0.15, 0.2) is 0 Å². The Labute approximate surface area is 443 Å². The molecule has 0 rings (SSSR count). The maximum absolute atomic E-state index is 12.5. The Bertz CT molecular complexity index is 1150. The summed E-state index contributed by atoms with van der Waals surface area (Å²) in [5, 5.41) is 23.4. The van der Waals surface area contributed by atoms with Crippen molar-refractivity contribution in [3.63, 3.8) is 0 Å². The molecule has 6 heteroatoms. The minimum Gasteiger partial charge on any atom is -0.466 e. The lowest BCUT2D eigenvalue weighted by molar-refractivity contribution is -0.143. The molecule has 3 N–H and O–H groups in total. The van der Waals surface area contributed by atoms with E-state index in [1.54, 1.807) is 0 Å². The predicted molar refractivity (Wildman–Crippen MR) is 310 cm³/mol. The Hall–Kier alpha value is -1.92. The summed E-state index contributed by atoms with van der Waals surface area (Å²) in [5.74, 6) is -0.0669. The van der Waals surface area contributed by atoms with Crippen molar-refractivity contribution in [3.05, 3.63) is 36.5 Å². The number of carbonyl (C=O) groups is 2. The van der Waals surface area contributed by atoms with Crippen LogP contribution in [0.3, 0.4) is 0 Å². The van der Waals surface area contributed by atoms with E-state index in [1.807, 2.05) is 0 Å². The Kier molecular flexibility index (Phi) is 59.0. The number of esters is 1. The minimum atomic E-state index is -0.676. The third kappa shape index (κ3) is 57.2. The van der Waals surface area contributed by atoms with Gasteiger partial charge in [-0.15, -0.1) is 0 Å². The lowest BCUT2D eigenvalue weighted by atomic mass is 10.0. The fourth-order valence-electron chi connectivity index (χ4n) is 9.78. The molecule has 418 valence electrons. The van der Waals surface area contributed by atoms with Crippen molar-refractivity contribution in [1.82, 2.24) is 5.32 Å². The summed E-state index contributed by atoms with van der Waals surface area (Å²) >= 11 is 0. The molecule has 2 atom stereocenters. The minimum absolute atomic E-state index is 0.0183. The molecule has 0 heterocycles. The maximum atomic E-state index is 12.5. The zero-order chi connectivity index (χ0) is 51.4. The number of rotatable bonds is 59. The van der Waals surface area contributed by atoms with Crippen molar-refractivity contribution >= 4 is 11.9 Å². The van der Waals surface area contributed by atoms with Crippen LogP contribution in [0.25, 0.3) is 0 Å². The largest absolute Gasteiger partial charge is 0.466 e. The van der Waals surface area contributed by atoms with Crippen LogP contribution in [0.5, 0.6) is 0 Å². The first-order valence-electron chi connectivity index (χ1n) is 31.7. The molecule has 0 radical (unpaired) electrons. The van der Waals surface area contributed by atoms with Crippen molar-refractivity contribution in [2.45, 2.75) is 353 Å². The van der Waals surface area contributed by atoms with Crippen LogP contribution in [0.2, 0.25) is 0 Å². The SMILES string of the molecule is CCCCCCCC/C=C\CCCCCCCCCC(=O)OCCCCC/C=C\C/C=C\CCCCCCCCCC(=O)NC(CO)C(O)CCCCCCCCCCCCCCCCCCCCCC. The van der Waals surface area contributed by atoms with E-state index >= 15 is 0 Å². The molecular formula is C65H123NO5. The average Bonchev–Trinajstić information content (AvgIpc) is 3.37. The van der Waals surface area contributed by atoms with Gasteiger partial charge >= 0.3 is 5.97 Å². The lowest BCUT2D eigenvalue weighted by Gasteiger charge is -2.22. The zero-order valence-electron chi connectivity index (χ0n) is 47.7. The standard InChI is InChI=1S/C65H123NO5/c1-3-5-7-9-11-13-15-17-19-21-22-23-26-29-33-37-41-45-49-53-57-63(68)62(61-67)66-64(69)58-54-50-46-42-38-34-30-27-24-28-32-36-40-44-48-52-56-60-71-65(70)59-55-51-47-43-39-35-31-25-20-18-16-14-12-10-8-6-4-2/h18,20,24,28,36,40,62-63,67-68H,3-17,19,21-23,25-27,29-35,37-39,41-61H2,1-2H3,(H,66,69)/b20-18-,28-24-,40-36-. The van der Waals surface area contributed by atoms with Gasteiger partial charge in [0.25, 0.3) is 0 Å². The van der Waals surface area contributed by atoms with Crippen molar-refractivity contribution < 1.29 is 24.5 Å². The normalized spacial score (nSPS) is 12.8. The highest BCUT2D eigenvalue weighted by atomic mass is 16.5. The summed E-state index contributed by atoms with van der Waals surface area (Å²) in [6.45, 7) is 4.92. The quantitative estimate of drug-likeness (QED) is 0.0321. The highest BCUT2D eigenvalue weighted by molar-refractivity contribution is 5.76. The van der Waals surface area contributed by atoms with Gasteiger partial charge in [-0.2, -0.15) is 0 Å². The fraction of sp³-hybridized carbons (Fsp3) is 0.877. The summed E-state index contributed by atoms with van der Waals surface area (Å²) in [4.78, 5) is 24.6. The molecule has 0 aromatic rings. The summed E-state index contributed by atoms with van der Waals surface area (Å²) in [5.41, 5.74) is 0. The van der Waals surface area contributed by atoms with Crippen LogP contribution in [-0.2, 0) is 14.3 Å². The van der Waals surface area contributed by atoms with E-state index in [2.05, 4.69) is 55.6 Å².